The number of rotatable bonds is 4. The minimum Gasteiger partial charge on any atom is -0.478 e. The van der Waals surface area contributed by atoms with E-state index in [1.54, 1.807) is 6.92 Å². The Morgan fingerprint density at radius 1 is 1.54 bits per heavy atom. The van der Waals surface area contributed by atoms with E-state index in [2.05, 4.69) is 9.72 Å². The van der Waals surface area contributed by atoms with E-state index in [0.29, 0.717) is 6.61 Å². The van der Waals surface area contributed by atoms with E-state index in [-0.39, 0.29) is 11.6 Å². The van der Waals surface area contributed by atoms with E-state index < -0.39 is 6.61 Å². The zero-order valence-electron chi connectivity index (χ0n) is 7.04. The summed E-state index contributed by atoms with van der Waals surface area (Å²) >= 11 is 0. The summed E-state index contributed by atoms with van der Waals surface area (Å²) in [6.45, 7) is -0.607. The molecule has 0 aliphatic carbocycles. The fraction of sp³-hybridized carbons (Fsp3) is 0.375. The molecule has 0 saturated heterocycles. The Bertz CT molecular complexity index is 268. The molecule has 1 aromatic heterocycles. The summed E-state index contributed by atoms with van der Waals surface area (Å²) in [5, 5.41) is 0. The highest BCUT2D eigenvalue weighted by molar-refractivity contribution is 5.25. The molecule has 0 unspecified atom stereocenters. The Morgan fingerprint density at radius 3 is 2.92 bits per heavy atom. The largest absolute Gasteiger partial charge is 0.478 e. The maximum atomic E-state index is 11.8. The van der Waals surface area contributed by atoms with Crippen LogP contribution in [0.3, 0.4) is 0 Å². The SMILES string of the molecule is CCOc1cc(OC(F)F)ccn1. The van der Waals surface area contributed by atoms with Crippen molar-refractivity contribution in [2.24, 2.45) is 0 Å². The van der Waals surface area contributed by atoms with Gasteiger partial charge in [-0.05, 0) is 13.0 Å². The molecule has 1 aromatic rings. The van der Waals surface area contributed by atoms with E-state index in [1.165, 1.54) is 18.3 Å². The van der Waals surface area contributed by atoms with Crippen LogP contribution in [0.4, 0.5) is 8.78 Å². The number of hydrogen-bond acceptors (Lipinski definition) is 3. The lowest BCUT2D eigenvalue weighted by Gasteiger charge is -2.05. The van der Waals surface area contributed by atoms with Gasteiger partial charge in [-0.1, -0.05) is 0 Å². The minimum absolute atomic E-state index is 0.0495. The highest BCUT2D eigenvalue weighted by Crippen LogP contribution is 2.18. The number of pyridine rings is 1. The molecule has 0 radical (unpaired) electrons. The highest BCUT2D eigenvalue weighted by Gasteiger charge is 2.05. The number of hydrogen-bond donors (Lipinski definition) is 0. The summed E-state index contributed by atoms with van der Waals surface area (Å²) in [6.07, 6.45) is 1.35. The van der Waals surface area contributed by atoms with Gasteiger partial charge in [-0.2, -0.15) is 8.78 Å². The van der Waals surface area contributed by atoms with E-state index in [4.69, 9.17) is 4.74 Å². The molecular formula is C8H9F2NO2. The van der Waals surface area contributed by atoms with Crippen LogP contribution in [0.2, 0.25) is 0 Å². The van der Waals surface area contributed by atoms with Gasteiger partial charge in [-0.3, -0.25) is 0 Å². The maximum Gasteiger partial charge on any atom is 0.387 e. The van der Waals surface area contributed by atoms with Crippen LogP contribution in [0.1, 0.15) is 6.92 Å². The van der Waals surface area contributed by atoms with Crippen molar-refractivity contribution in [1.29, 1.82) is 0 Å². The molecule has 0 saturated carbocycles. The second-order valence-electron chi connectivity index (χ2n) is 2.14. The van der Waals surface area contributed by atoms with Gasteiger partial charge < -0.3 is 9.47 Å². The van der Waals surface area contributed by atoms with Gasteiger partial charge in [0.15, 0.2) is 0 Å². The van der Waals surface area contributed by atoms with Gasteiger partial charge in [0.2, 0.25) is 5.88 Å². The van der Waals surface area contributed by atoms with Crippen molar-refractivity contribution in [2.45, 2.75) is 13.5 Å². The maximum absolute atomic E-state index is 11.8. The van der Waals surface area contributed by atoms with E-state index in [1.807, 2.05) is 0 Å². The summed E-state index contributed by atoms with van der Waals surface area (Å²) in [7, 11) is 0. The monoisotopic (exact) mass is 189 g/mol. The molecule has 0 atom stereocenters. The number of aromatic nitrogens is 1. The van der Waals surface area contributed by atoms with Crippen molar-refractivity contribution in [3.8, 4) is 11.6 Å². The van der Waals surface area contributed by atoms with Gasteiger partial charge in [0.1, 0.15) is 5.75 Å². The molecule has 0 bridgehead atoms. The molecule has 3 nitrogen and oxygen atoms in total. The smallest absolute Gasteiger partial charge is 0.387 e. The van der Waals surface area contributed by atoms with E-state index in [0.717, 1.165) is 0 Å². The van der Waals surface area contributed by atoms with Crippen LogP contribution in [-0.2, 0) is 0 Å². The van der Waals surface area contributed by atoms with Crippen molar-refractivity contribution in [3.05, 3.63) is 18.3 Å². The number of nitrogens with zero attached hydrogens (tertiary/aromatic N) is 1. The topological polar surface area (TPSA) is 31.4 Å². The third-order valence-corrected chi connectivity index (χ3v) is 1.22. The second-order valence-corrected chi connectivity index (χ2v) is 2.14. The lowest BCUT2D eigenvalue weighted by atomic mass is 10.4. The molecule has 1 rings (SSSR count). The minimum atomic E-state index is -2.82. The Hall–Kier alpha value is -1.39. The summed E-state index contributed by atoms with van der Waals surface area (Å²) < 4.78 is 32.6. The molecule has 13 heavy (non-hydrogen) atoms. The van der Waals surface area contributed by atoms with E-state index in [9.17, 15) is 8.78 Å². The number of halogens is 2. The summed E-state index contributed by atoms with van der Waals surface area (Å²) in [5.41, 5.74) is 0. The second kappa shape index (κ2) is 4.59. The average Bonchev–Trinajstić information content (AvgIpc) is 2.04. The van der Waals surface area contributed by atoms with Crippen molar-refractivity contribution in [3.63, 3.8) is 0 Å². The molecular weight excluding hydrogens is 180 g/mol. The quantitative estimate of drug-likeness (QED) is 0.726. The molecule has 0 aliphatic heterocycles. The molecule has 1 heterocycles. The fourth-order valence-corrected chi connectivity index (χ4v) is 0.794. The molecule has 0 N–H and O–H groups in total. The van der Waals surface area contributed by atoms with Gasteiger partial charge >= 0.3 is 6.61 Å². The van der Waals surface area contributed by atoms with Crippen LogP contribution in [-0.4, -0.2) is 18.2 Å². The van der Waals surface area contributed by atoms with Crippen LogP contribution < -0.4 is 9.47 Å². The molecule has 0 spiro atoms. The van der Waals surface area contributed by atoms with Crippen LogP contribution in [0, 0.1) is 0 Å². The first kappa shape index (κ1) is 9.70. The molecule has 0 aliphatic rings. The first-order valence-electron chi connectivity index (χ1n) is 3.76. The summed E-state index contributed by atoms with van der Waals surface area (Å²) in [5.74, 6) is 0.328. The Kier molecular flexibility index (Phi) is 3.42. The van der Waals surface area contributed by atoms with Crippen molar-refractivity contribution in [1.82, 2.24) is 4.98 Å². The predicted octanol–water partition coefficient (Wildman–Crippen LogP) is 2.08. The van der Waals surface area contributed by atoms with Gasteiger partial charge in [0.25, 0.3) is 0 Å². The number of ether oxygens (including phenoxy) is 2. The first-order valence-corrected chi connectivity index (χ1v) is 3.76. The molecule has 0 aromatic carbocycles. The third-order valence-electron chi connectivity index (χ3n) is 1.22. The standard InChI is InChI=1S/C8H9F2NO2/c1-2-12-7-5-6(3-4-11-7)13-8(9)10/h3-5,8H,2H2,1H3. The lowest BCUT2D eigenvalue weighted by molar-refractivity contribution is -0.0500. The zero-order valence-corrected chi connectivity index (χ0v) is 7.04. The lowest BCUT2D eigenvalue weighted by Crippen LogP contribution is -2.02. The predicted molar refractivity (Wildman–Crippen MR) is 42.0 cm³/mol. The fourth-order valence-electron chi connectivity index (χ4n) is 0.794. The number of alkyl halides is 2. The molecule has 72 valence electrons. The normalized spacial score (nSPS) is 10.2. The van der Waals surface area contributed by atoms with Crippen molar-refractivity contribution in [2.75, 3.05) is 6.61 Å². The summed E-state index contributed by atoms with van der Waals surface area (Å²) in [4.78, 5) is 3.79. The van der Waals surface area contributed by atoms with Gasteiger partial charge in [0, 0.05) is 12.3 Å². The summed E-state index contributed by atoms with van der Waals surface area (Å²) in [6, 6.07) is 2.66. The molecule has 5 heteroatoms. The van der Waals surface area contributed by atoms with E-state index >= 15 is 0 Å². The Balaban J connectivity index is 2.67. The van der Waals surface area contributed by atoms with Crippen LogP contribution in [0.15, 0.2) is 18.3 Å². The Labute approximate surface area is 74.3 Å². The van der Waals surface area contributed by atoms with Crippen LogP contribution in [0.5, 0.6) is 11.6 Å². The van der Waals surface area contributed by atoms with Gasteiger partial charge in [-0.25, -0.2) is 4.98 Å². The van der Waals surface area contributed by atoms with Crippen molar-refractivity contribution >= 4 is 0 Å². The van der Waals surface area contributed by atoms with Crippen LogP contribution in [0.25, 0.3) is 0 Å². The average molecular weight is 189 g/mol. The van der Waals surface area contributed by atoms with Gasteiger partial charge in [0.05, 0.1) is 6.61 Å². The first-order chi connectivity index (χ1) is 6.22. The van der Waals surface area contributed by atoms with Gasteiger partial charge in [-0.15, -0.1) is 0 Å². The highest BCUT2D eigenvalue weighted by atomic mass is 19.3. The third kappa shape index (κ3) is 3.23. The molecule has 0 fully saturated rings. The molecule has 0 amide bonds. The van der Waals surface area contributed by atoms with Crippen LogP contribution >= 0.6 is 0 Å². The zero-order chi connectivity index (χ0) is 9.68. The van der Waals surface area contributed by atoms with Crippen molar-refractivity contribution < 1.29 is 18.3 Å². The Morgan fingerprint density at radius 2 is 2.31 bits per heavy atom.